The number of halogens is 1. The Kier molecular flexibility index (Phi) is 6.49. The van der Waals surface area contributed by atoms with Gasteiger partial charge in [-0.05, 0) is 55.8 Å². The first kappa shape index (κ1) is 18.9. The van der Waals surface area contributed by atoms with Crippen LogP contribution in [-0.2, 0) is 9.47 Å². The van der Waals surface area contributed by atoms with E-state index in [-0.39, 0.29) is 15.8 Å². The smallest absolute Gasteiger partial charge is 0.424 e. The number of anilines is 1. The molecule has 0 heterocycles. The van der Waals surface area contributed by atoms with Gasteiger partial charge in [0.05, 0.1) is 27.3 Å². The van der Waals surface area contributed by atoms with Crippen molar-refractivity contribution < 1.29 is 24.0 Å². The number of rotatable bonds is 4. The van der Waals surface area contributed by atoms with Crippen molar-refractivity contribution in [2.75, 3.05) is 4.90 Å². The number of hydrogen-bond donors (Lipinski definition) is 0. The van der Waals surface area contributed by atoms with Gasteiger partial charge in [-0.3, -0.25) is 10.1 Å². The second-order valence-electron chi connectivity index (χ2n) is 5.09. The van der Waals surface area contributed by atoms with Crippen molar-refractivity contribution in [2.45, 2.75) is 39.9 Å². The van der Waals surface area contributed by atoms with Gasteiger partial charge in [0.25, 0.3) is 5.69 Å². The minimum Gasteiger partial charge on any atom is -0.446 e. The van der Waals surface area contributed by atoms with Crippen LogP contribution in [-0.4, -0.2) is 29.3 Å². The van der Waals surface area contributed by atoms with Crippen molar-refractivity contribution in [1.29, 1.82) is 0 Å². The summed E-state index contributed by atoms with van der Waals surface area (Å²) in [6.07, 6.45) is -2.88. The number of hydrogen-bond acceptors (Lipinski definition) is 6. The normalized spacial score (nSPS) is 10.6. The Bertz CT molecular complexity index is 595. The number of imide groups is 1. The lowest BCUT2D eigenvalue weighted by Crippen LogP contribution is -2.40. The van der Waals surface area contributed by atoms with E-state index in [4.69, 9.17) is 9.47 Å². The number of nitro groups is 1. The Morgan fingerprint density at radius 3 is 2.00 bits per heavy atom. The van der Waals surface area contributed by atoms with E-state index in [2.05, 4.69) is 15.9 Å². The SMILES string of the molecule is CC(C)OC(=O)N(C(=O)OC(C)C)c1ccc(Br)c([N+](=O)[O-])c1. The van der Waals surface area contributed by atoms with Crippen LogP contribution in [0.5, 0.6) is 0 Å². The second-order valence-corrected chi connectivity index (χ2v) is 5.95. The van der Waals surface area contributed by atoms with E-state index in [9.17, 15) is 19.7 Å². The highest BCUT2D eigenvalue weighted by molar-refractivity contribution is 9.10. The molecular weight excluding hydrogens is 372 g/mol. The first-order chi connectivity index (χ1) is 10.6. The third-order valence-corrected chi connectivity index (χ3v) is 3.09. The van der Waals surface area contributed by atoms with Gasteiger partial charge in [-0.25, -0.2) is 9.59 Å². The fraction of sp³-hybridized carbons (Fsp3) is 0.429. The van der Waals surface area contributed by atoms with Crippen molar-refractivity contribution in [3.63, 3.8) is 0 Å². The maximum absolute atomic E-state index is 12.2. The molecule has 0 aliphatic rings. The summed E-state index contributed by atoms with van der Waals surface area (Å²) < 4.78 is 10.2. The number of benzene rings is 1. The van der Waals surface area contributed by atoms with E-state index < -0.39 is 29.3 Å². The highest BCUT2D eigenvalue weighted by atomic mass is 79.9. The van der Waals surface area contributed by atoms with Gasteiger partial charge in [0.1, 0.15) is 0 Å². The molecule has 0 saturated carbocycles. The molecule has 23 heavy (non-hydrogen) atoms. The second kappa shape index (κ2) is 7.91. The molecule has 0 atom stereocenters. The van der Waals surface area contributed by atoms with Crippen LogP contribution in [0, 0.1) is 10.1 Å². The van der Waals surface area contributed by atoms with Crippen LogP contribution in [0.15, 0.2) is 22.7 Å². The van der Waals surface area contributed by atoms with Gasteiger partial charge in [-0.2, -0.15) is 4.90 Å². The van der Waals surface area contributed by atoms with Gasteiger partial charge >= 0.3 is 12.2 Å². The lowest BCUT2D eigenvalue weighted by molar-refractivity contribution is -0.385. The van der Waals surface area contributed by atoms with Crippen LogP contribution in [0.2, 0.25) is 0 Å². The highest BCUT2D eigenvalue weighted by Gasteiger charge is 2.30. The van der Waals surface area contributed by atoms with E-state index in [1.54, 1.807) is 27.7 Å². The quantitative estimate of drug-likeness (QED) is 0.564. The van der Waals surface area contributed by atoms with Crippen LogP contribution in [0.3, 0.4) is 0 Å². The van der Waals surface area contributed by atoms with Crippen LogP contribution < -0.4 is 4.90 Å². The van der Waals surface area contributed by atoms with E-state index in [1.165, 1.54) is 12.1 Å². The van der Waals surface area contributed by atoms with Gasteiger partial charge in [-0.15, -0.1) is 0 Å². The number of ether oxygens (including phenoxy) is 2. The Balaban J connectivity index is 3.28. The molecule has 126 valence electrons. The Morgan fingerprint density at radius 2 is 1.61 bits per heavy atom. The highest BCUT2D eigenvalue weighted by Crippen LogP contribution is 2.30. The summed E-state index contributed by atoms with van der Waals surface area (Å²) in [4.78, 5) is 35.3. The molecule has 0 radical (unpaired) electrons. The van der Waals surface area contributed by atoms with Crippen molar-refractivity contribution in [2.24, 2.45) is 0 Å². The third kappa shape index (κ3) is 5.20. The third-order valence-electron chi connectivity index (χ3n) is 2.42. The Morgan fingerprint density at radius 1 is 1.13 bits per heavy atom. The van der Waals surface area contributed by atoms with Gasteiger partial charge in [0.2, 0.25) is 0 Å². The molecule has 0 N–H and O–H groups in total. The maximum atomic E-state index is 12.2. The molecule has 0 unspecified atom stereocenters. The first-order valence-corrected chi connectivity index (χ1v) is 7.58. The summed E-state index contributed by atoms with van der Waals surface area (Å²) in [6.45, 7) is 6.48. The molecule has 0 fully saturated rings. The molecule has 1 aromatic carbocycles. The topological polar surface area (TPSA) is 99.0 Å². The van der Waals surface area contributed by atoms with E-state index in [1.807, 2.05) is 0 Å². The zero-order chi connectivity index (χ0) is 17.7. The van der Waals surface area contributed by atoms with E-state index >= 15 is 0 Å². The maximum Gasteiger partial charge on any atom is 0.424 e. The van der Waals surface area contributed by atoms with Crippen molar-refractivity contribution >= 4 is 39.5 Å². The summed E-state index contributed by atoms with van der Waals surface area (Å²) in [5, 5.41) is 11.0. The van der Waals surface area contributed by atoms with E-state index in [0.29, 0.717) is 4.90 Å². The van der Waals surface area contributed by atoms with E-state index in [0.717, 1.165) is 6.07 Å². The largest absolute Gasteiger partial charge is 0.446 e. The van der Waals surface area contributed by atoms with Crippen molar-refractivity contribution in [3.05, 3.63) is 32.8 Å². The van der Waals surface area contributed by atoms with Crippen LogP contribution in [0.1, 0.15) is 27.7 Å². The summed E-state index contributed by atoms with van der Waals surface area (Å²) in [5.74, 6) is 0. The van der Waals surface area contributed by atoms with Gasteiger partial charge in [0.15, 0.2) is 0 Å². The molecule has 8 nitrogen and oxygen atoms in total. The lowest BCUT2D eigenvalue weighted by Gasteiger charge is -2.22. The zero-order valence-electron chi connectivity index (χ0n) is 13.1. The predicted molar refractivity (Wildman–Crippen MR) is 86.5 cm³/mol. The fourth-order valence-corrected chi connectivity index (χ4v) is 1.97. The summed E-state index contributed by atoms with van der Waals surface area (Å²) in [6, 6.07) is 3.83. The standard InChI is InChI=1S/C14H17BrN2O6/c1-8(2)22-13(18)16(14(19)23-9(3)4)10-5-6-11(15)12(7-10)17(20)21/h5-9H,1-4H3. The number of carbonyl (C=O) groups excluding carboxylic acids is 2. The molecule has 0 aromatic heterocycles. The number of carbonyl (C=O) groups is 2. The lowest BCUT2D eigenvalue weighted by atomic mass is 10.2. The fourth-order valence-electron chi connectivity index (χ4n) is 1.57. The minimum absolute atomic E-state index is 0.0174. The summed E-state index contributed by atoms with van der Waals surface area (Å²) >= 11 is 3.04. The average molecular weight is 389 g/mol. The van der Waals surface area contributed by atoms with Gasteiger partial charge in [0, 0.05) is 6.07 Å². The molecule has 0 saturated heterocycles. The summed E-state index contributed by atoms with van der Waals surface area (Å²) in [5.41, 5.74) is -0.307. The molecule has 0 bridgehead atoms. The van der Waals surface area contributed by atoms with Crippen molar-refractivity contribution in [1.82, 2.24) is 0 Å². The molecule has 1 aromatic rings. The molecule has 1 rings (SSSR count). The van der Waals surface area contributed by atoms with Gasteiger partial charge < -0.3 is 9.47 Å². The molecule has 2 amide bonds. The number of amides is 2. The van der Waals surface area contributed by atoms with Crippen LogP contribution in [0.25, 0.3) is 0 Å². The average Bonchev–Trinajstić information content (AvgIpc) is 2.38. The van der Waals surface area contributed by atoms with Crippen LogP contribution in [0.4, 0.5) is 21.0 Å². The van der Waals surface area contributed by atoms with Gasteiger partial charge in [-0.1, -0.05) is 0 Å². The monoisotopic (exact) mass is 388 g/mol. The summed E-state index contributed by atoms with van der Waals surface area (Å²) in [7, 11) is 0. The first-order valence-electron chi connectivity index (χ1n) is 6.78. The van der Waals surface area contributed by atoms with Crippen LogP contribution >= 0.6 is 15.9 Å². The Hall–Kier alpha value is -2.16. The number of nitrogens with zero attached hydrogens (tertiary/aromatic N) is 2. The molecule has 0 aliphatic carbocycles. The molecule has 0 spiro atoms. The van der Waals surface area contributed by atoms with Crippen molar-refractivity contribution in [3.8, 4) is 0 Å². The number of nitro benzene ring substituents is 1. The Labute approximate surface area is 141 Å². The predicted octanol–water partition coefficient (Wildman–Crippen LogP) is 4.25. The minimum atomic E-state index is -0.970. The molecule has 9 heteroatoms. The zero-order valence-corrected chi connectivity index (χ0v) is 14.7. The molecule has 0 aliphatic heterocycles. The molecular formula is C14H17BrN2O6.